The number of aromatic nitrogens is 4. The zero-order chi connectivity index (χ0) is 32.8. The molecule has 0 spiro atoms. The molecule has 4 heteroatoms. The van der Waals surface area contributed by atoms with Crippen LogP contribution in [0.4, 0.5) is 0 Å². The quantitative estimate of drug-likeness (QED) is 0.181. The third-order valence-corrected chi connectivity index (χ3v) is 10.3. The van der Waals surface area contributed by atoms with Crippen molar-refractivity contribution >= 4 is 76.2 Å². The predicted molar refractivity (Wildman–Crippen MR) is 209 cm³/mol. The van der Waals surface area contributed by atoms with Gasteiger partial charge in [-0.2, -0.15) is 0 Å². The lowest BCUT2D eigenvalue weighted by Gasteiger charge is -2.15. The minimum atomic E-state index is 0.817. The van der Waals surface area contributed by atoms with Gasteiger partial charge < -0.3 is 4.57 Å². The molecule has 3 aromatic heterocycles. The lowest BCUT2D eigenvalue weighted by Crippen LogP contribution is -2.04. The van der Waals surface area contributed by atoms with E-state index in [4.69, 9.17) is 9.97 Å². The van der Waals surface area contributed by atoms with E-state index in [2.05, 4.69) is 179 Å². The Balaban J connectivity index is 1.33. The van der Waals surface area contributed by atoms with Crippen molar-refractivity contribution in [3.8, 4) is 22.8 Å². The first-order valence-electron chi connectivity index (χ1n) is 17.0. The molecule has 11 aromatic rings. The molecule has 0 radical (unpaired) electrons. The van der Waals surface area contributed by atoms with Gasteiger partial charge >= 0.3 is 0 Å². The van der Waals surface area contributed by atoms with Gasteiger partial charge in [-0.1, -0.05) is 133 Å². The topological polar surface area (TPSA) is 35.6 Å². The van der Waals surface area contributed by atoms with E-state index < -0.39 is 0 Å². The number of hydrogen-bond donors (Lipinski definition) is 0. The highest BCUT2D eigenvalue weighted by molar-refractivity contribution is 6.23. The van der Waals surface area contributed by atoms with Crippen molar-refractivity contribution in [2.24, 2.45) is 0 Å². The van der Waals surface area contributed by atoms with E-state index in [1.165, 1.54) is 37.8 Å². The van der Waals surface area contributed by atoms with Crippen LogP contribution in [-0.2, 0) is 0 Å². The second-order valence-corrected chi connectivity index (χ2v) is 13.0. The van der Waals surface area contributed by atoms with Crippen molar-refractivity contribution in [1.29, 1.82) is 0 Å². The van der Waals surface area contributed by atoms with Crippen LogP contribution in [0.25, 0.3) is 99.0 Å². The van der Waals surface area contributed by atoms with Crippen LogP contribution in [0, 0.1) is 0 Å². The summed E-state index contributed by atoms with van der Waals surface area (Å²) < 4.78 is 4.77. The van der Waals surface area contributed by atoms with Crippen molar-refractivity contribution in [2.45, 2.75) is 0 Å². The molecular weight excluding hydrogens is 609 g/mol. The number of para-hydroxylation sites is 2. The van der Waals surface area contributed by atoms with Gasteiger partial charge in [0.2, 0.25) is 0 Å². The van der Waals surface area contributed by atoms with Crippen molar-refractivity contribution in [3.05, 3.63) is 170 Å². The van der Waals surface area contributed by atoms with Crippen LogP contribution in [-0.4, -0.2) is 19.1 Å². The van der Waals surface area contributed by atoms with Gasteiger partial charge in [-0.25, -0.2) is 9.97 Å². The molecule has 0 amide bonds. The first kappa shape index (κ1) is 27.2. The van der Waals surface area contributed by atoms with Gasteiger partial charge in [0.1, 0.15) is 5.69 Å². The zero-order valence-electron chi connectivity index (χ0n) is 27.0. The summed E-state index contributed by atoms with van der Waals surface area (Å²) >= 11 is 0. The summed E-state index contributed by atoms with van der Waals surface area (Å²) in [4.78, 5) is 10.9. The summed E-state index contributed by atoms with van der Waals surface area (Å²) in [5, 5.41) is 9.56. The number of benzene rings is 8. The zero-order valence-corrected chi connectivity index (χ0v) is 27.0. The fraction of sp³-hybridized carbons (Fsp3) is 0. The molecule has 0 unspecified atom stereocenters. The smallest absolute Gasteiger partial charge is 0.165 e. The number of fused-ring (bicyclic) bond motifs is 11. The lowest BCUT2D eigenvalue weighted by molar-refractivity contribution is 1.08. The molecule has 0 saturated carbocycles. The SMILES string of the molecule is c1ccc(-c2nc3c(ccc4ccccc43)nc2-n2c3ccccc3c3cc4c5ccc6ccccc6c5n(-c5ccccc5)c4cc32)cc1. The van der Waals surface area contributed by atoms with E-state index in [-0.39, 0.29) is 0 Å². The van der Waals surface area contributed by atoms with Gasteiger partial charge in [0.15, 0.2) is 5.82 Å². The molecule has 3 heterocycles. The van der Waals surface area contributed by atoms with Gasteiger partial charge in [-0.05, 0) is 47.2 Å². The number of rotatable bonds is 3. The highest BCUT2D eigenvalue weighted by Crippen LogP contribution is 2.42. The Morgan fingerprint density at radius 3 is 1.82 bits per heavy atom. The maximum absolute atomic E-state index is 5.48. The van der Waals surface area contributed by atoms with E-state index in [0.29, 0.717) is 0 Å². The summed E-state index contributed by atoms with van der Waals surface area (Å²) in [5.74, 6) is 0.817. The summed E-state index contributed by atoms with van der Waals surface area (Å²) in [7, 11) is 0. The highest BCUT2D eigenvalue weighted by Gasteiger charge is 2.23. The molecule has 50 heavy (non-hydrogen) atoms. The van der Waals surface area contributed by atoms with Gasteiger partial charge in [0.05, 0.1) is 33.1 Å². The third kappa shape index (κ3) is 3.81. The molecule has 4 nitrogen and oxygen atoms in total. The Morgan fingerprint density at radius 1 is 0.380 bits per heavy atom. The molecule has 0 fully saturated rings. The average molecular weight is 637 g/mol. The molecule has 8 aromatic carbocycles. The molecule has 0 saturated heterocycles. The minimum absolute atomic E-state index is 0.817. The van der Waals surface area contributed by atoms with Gasteiger partial charge in [0, 0.05) is 43.6 Å². The summed E-state index contributed by atoms with van der Waals surface area (Å²) in [6, 6.07) is 60.6. The summed E-state index contributed by atoms with van der Waals surface area (Å²) in [6.45, 7) is 0. The standard InChI is InChI=1S/C46H28N4/c1-3-15-31(16-4-1)43-46(47-39-26-24-29-13-7-9-19-33(29)44(39)48-43)50-40-22-12-11-21-35(40)37-27-38-36-25-23-30-14-8-10-20-34(30)45(36)49(41(38)28-42(37)50)32-17-5-2-6-18-32/h1-28H. The molecule has 0 N–H and O–H groups in total. The lowest BCUT2D eigenvalue weighted by atomic mass is 10.0. The maximum Gasteiger partial charge on any atom is 0.165 e. The first-order valence-corrected chi connectivity index (χ1v) is 17.0. The molecule has 0 bridgehead atoms. The molecule has 0 aliphatic carbocycles. The third-order valence-electron chi connectivity index (χ3n) is 10.3. The number of hydrogen-bond acceptors (Lipinski definition) is 2. The normalized spacial score (nSPS) is 12.0. The Labute approximate surface area is 287 Å². The fourth-order valence-electron chi connectivity index (χ4n) is 8.04. The Morgan fingerprint density at radius 2 is 1.00 bits per heavy atom. The van der Waals surface area contributed by atoms with E-state index in [9.17, 15) is 0 Å². The van der Waals surface area contributed by atoms with Crippen molar-refractivity contribution < 1.29 is 0 Å². The van der Waals surface area contributed by atoms with E-state index in [1.807, 2.05) is 0 Å². The Kier molecular flexibility index (Phi) is 5.63. The van der Waals surface area contributed by atoms with Gasteiger partial charge in [0.25, 0.3) is 0 Å². The summed E-state index contributed by atoms with van der Waals surface area (Å²) in [5.41, 5.74) is 9.36. The fourth-order valence-corrected chi connectivity index (χ4v) is 8.04. The largest absolute Gasteiger partial charge is 0.309 e. The highest BCUT2D eigenvalue weighted by atomic mass is 15.1. The van der Waals surface area contributed by atoms with Crippen LogP contribution < -0.4 is 0 Å². The second-order valence-electron chi connectivity index (χ2n) is 13.0. The van der Waals surface area contributed by atoms with Crippen molar-refractivity contribution in [3.63, 3.8) is 0 Å². The van der Waals surface area contributed by atoms with Crippen molar-refractivity contribution in [2.75, 3.05) is 0 Å². The van der Waals surface area contributed by atoms with Crippen molar-refractivity contribution in [1.82, 2.24) is 19.1 Å². The van der Waals surface area contributed by atoms with Crippen LogP contribution in [0.3, 0.4) is 0 Å². The van der Waals surface area contributed by atoms with E-state index >= 15 is 0 Å². The van der Waals surface area contributed by atoms with Crippen LogP contribution in [0.1, 0.15) is 0 Å². The Hall–Kier alpha value is -6.78. The van der Waals surface area contributed by atoms with Gasteiger partial charge in [-0.3, -0.25) is 4.57 Å². The average Bonchev–Trinajstić information content (AvgIpc) is 3.69. The van der Waals surface area contributed by atoms with Crippen LogP contribution in [0.5, 0.6) is 0 Å². The molecule has 0 aliphatic heterocycles. The molecule has 232 valence electrons. The minimum Gasteiger partial charge on any atom is -0.309 e. The van der Waals surface area contributed by atoms with Crippen LogP contribution in [0.2, 0.25) is 0 Å². The van der Waals surface area contributed by atoms with Gasteiger partial charge in [-0.15, -0.1) is 0 Å². The number of nitrogens with zero attached hydrogens (tertiary/aromatic N) is 4. The second kappa shape index (κ2) is 10.4. The van der Waals surface area contributed by atoms with Crippen LogP contribution in [0.15, 0.2) is 170 Å². The molecule has 0 aliphatic rings. The Bertz CT molecular complexity index is 3140. The van der Waals surface area contributed by atoms with E-state index in [1.54, 1.807) is 0 Å². The molecular formula is C46H28N4. The molecule has 11 rings (SSSR count). The van der Waals surface area contributed by atoms with Crippen LogP contribution >= 0.6 is 0 Å². The summed E-state index contributed by atoms with van der Waals surface area (Å²) in [6.07, 6.45) is 0. The predicted octanol–water partition coefficient (Wildman–Crippen LogP) is 11.8. The first-order chi connectivity index (χ1) is 24.8. The van der Waals surface area contributed by atoms with E-state index in [0.717, 1.165) is 61.1 Å². The molecule has 0 atom stereocenters. The monoisotopic (exact) mass is 636 g/mol. The maximum atomic E-state index is 5.48.